The Balaban J connectivity index is 1.69. The van der Waals surface area contributed by atoms with Crippen LogP contribution in [0, 0.1) is 13.8 Å². The molecule has 1 aliphatic heterocycles. The number of nitrogens with zero attached hydrogens (tertiary/aromatic N) is 1. The molecule has 2 heterocycles. The van der Waals surface area contributed by atoms with E-state index in [0.29, 0.717) is 42.5 Å². The van der Waals surface area contributed by atoms with E-state index in [4.69, 9.17) is 14.0 Å². The summed E-state index contributed by atoms with van der Waals surface area (Å²) in [4.78, 5) is 12.1. The summed E-state index contributed by atoms with van der Waals surface area (Å²) in [5, 5.41) is 6.63. The minimum absolute atomic E-state index is 0.193. The van der Waals surface area contributed by atoms with Crippen LogP contribution in [0.25, 0.3) is 0 Å². The molecule has 0 saturated carbocycles. The van der Waals surface area contributed by atoms with E-state index < -0.39 is 0 Å². The zero-order valence-electron chi connectivity index (χ0n) is 11.9. The monoisotopic (exact) mass is 288 g/mol. The first-order valence-electron chi connectivity index (χ1n) is 6.75. The molecule has 1 aromatic carbocycles. The number of fused-ring (bicyclic) bond motifs is 1. The van der Waals surface area contributed by atoms with Crippen molar-refractivity contribution in [2.24, 2.45) is 0 Å². The van der Waals surface area contributed by atoms with Gasteiger partial charge in [0, 0.05) is 6.54 Å². The molecule has 21 heavy (non-hydrogen) atoms. The van der Waals surface area contributed by atoms with E-state index in [1.54, 1.807) is 13.8 Å². The number of hydrogen-bond donors (Lipinski definition) is 1. The summed E-state index contributed by atoms with van der Waals surface area (Å²) >= 11 is 0. The fourth-order valence-electron chi connectivity index (χ4n) is 2.28. The van der Waals surface area contributed by atoms with E-state index in [-0.39, 0.29) is 5.91 Å². The molecule has 0 saturated heterocycles. The largest absolute Gasteiger partial charge is 0.486 e. The maximum Gasteiger partial charge on any atom is 0.257 e. The van der Waals surface area contributed by atoms with E-state index in [0.717, 1.165) is 11.3 Å². The molecule has 1 aromatic heterocycles. The van der Waals surface area contributed by atoms with Crippen molar-refractivity contribution in [3.05, 3.63) is 40.8 Å². The number of aryl methyl sites for hydroxylation is 2. The number of nitrogens with one attached hydrogen (secondary N) is 1. The lowest BCUT2D eigenvalue weighted by atomic mass is 10.1. The highest BCUT2D eigenvalue weighted by atomic mass is 16.6. The first kappa shape index (κ1) is 13.5. The summed E-state index contributed by atoms with van der Waals surface area (Å²) in [6, 6.07) is 5.63. The Kier molecular flexibility index (Phi) is 3.51. The molecule has 6 heteroatoms. The first-order valence-corrected chi connectivity index (χ1v) is 6.75. The highest BCUT2D eigenvalue weighted by Crippen LogP contribution is 2.30. The summed E-state index contributed by atoms with van der Waals surface area (Å²) in [5.41, 5.74) is 2.03. The third-order valence-corrected chi connectivity index (χ3v) is 3.32. The Morgan fingerprint density at radius 1 is 1.24 bits per heavy atom. The van der Waals surface area contributed by atoms with Gasteiger partial charge in [-0.3, -0.25) is 4.79 Å². The van der Waals surface area contributed by atoms with Gasteiger partial charge >= 0.3 is 0 Å². The maximum absolute atomic E-state index is 12.1. The number of carbonyl (C=O) groups excluding carboxylic acids is 1. The molecule has 110 valence electrons. The summed E-state index contributed by atoms with van der Waals surface area (Å²) in [6.45, 7) is 4.98. The fraction of sp³-hybridized carbons (Fsp3) is 0.333. The topological polar surface area (TPSA) is 73.6 Å². The lowest BCUT2D eigenvalue weighted by molar-refractivity contribution is 0.0948. The minimum atomic E-state index is -0.193. The predicted molar refractivity (Wildman–Crippen MR) is 74.6 cm³/mol. The van der Waals surface area contributed by atoms with Crippen molar-refractivity contribution >= 4 is 5.91 Å². The van der Waals surface area contributed by atoms with Crippen LogP contribution in [-0.4, -0.2) is 24.3 Å². The van der Waals surface area contributed by atoms with Gasteiger partial charge in [-0.15, -0.1) is 0 Å². The number of amides is 1. The Labute approximate surface area is 122 Å². The molecule has 1 aliphatic rings. The summed E-state index contributed by atoms with van der Waals surface area (Å²) < 4.78 is 16.0. The van der Waals surface area contributed by atoms with Gasteiger partial charge in [-0.2, -0.15) is 0 Å². The third kappa shape index (κ3) is 2.69. The Morgan fingerprint density at radius 2 is 2.00 bits per heavy atom. The van der Waals surface area contributed by atoms with Crippen molar-refractivity contribution < 1.29 is 18.8 Å². The molecule has 0 aliphatic carbocycles. The van der Waals surface area contributed by atoms with Gasteiger partial charge in [-0.25, -0.2) is 0 Å². The molecule has 2 aromatic rings. The van der Waals surface area contributed by atoms with Crippen molar-refractivity contribution in [1.82, 2.24) is 10.5 Å². The Hall–Kier alpha value is -2.50. The highest BCUT2D eigenvalue weighted by Gasteiger charge is 2.17. The number of ether oxygens (including phenoxy) is 2. The van der Waals surface area contributed by atoms with Crippen LogP contribution in [-0.2, 0) is 6.54 Å². The number of rotatable bonds is 3. The maximum atomic E-state index is 12.1. The van der Waals surface area contributed by atoms with Crippen molar-refractivity contribution in [3.8, 4) is 11.5 Å². The van der Waals surface area contributed by atoms with E-state index in [1.165, 1.54) is 0 Å². The summed E-state index contributed by atoms with van der Waals surface area (Å²) in [5.74, 6) is 1.78. The lowest BCUT2D eigenvalue weighted by Crippen LogP contribution is -2.24. The van der Waals surface area contributed by atoms with E-state index in [2.05, 4.69) is 10.5 Å². The molecule has 1 N–H and O–H groups in total. The van der Waals surface area contributed by atoms with Crippen LogP contribution in [0.2, 0.25) is 0 Å². The highest BCUT2D eigenvalue weighted by molar-refractivity contribution is 5.96. The van der Waals surface area contributed by atoms with Gasteiger partial charge in [0.25, 0.3) is 5.91 Å². The average molecular weight is 288 g/mol. The standard InChI is InChI=1S/C15H16N2O4/c1-9-14(10(2)21-17-9)15(18)16-8-11-3-4-12-13(7-11)20-6-5-19-12/h3-4,7H,5-6,8H2,1-2H3,(H,16,18). The Bertz CT molecular complexity index is 659. The Morgan fingerprint density at radius 3 is 2.71 bits per heavy atom. The zero-order valence-corrected chi connectivity index (χ0v) is 11.9. The first-order chi connectivity index (χ1) is 10.1. The molecular weight excluding hydrogens is 272 g/mol. The third-order valence-electron chi connectivity index (χ3n) is 3.32. The number of carbonyl (C=O) groups is 1. The molecule has 3 rings (SSSR count). The lowest BCUT2D eigenvalue weighted by Gasteiger charge is -2.18. The van der Waals surface area contributed by atoms with Crippen LogP contribution >= 0.6 is 0 Å². The van der Waals surface area contributed by atoms with Crippen LogP contribution < -0.4 is 14.8 Å². The van der Waals surface area contributed by atoms with Crippen molar-refractivity contribution in [2.45, 2.75) is 20.4 Å². The molecule has 0 fully saturated rings. The zero-order chi connectivity index (χ0) is 14.8. The van der Waals surface area contributed by atoms with Gasteiger partial charge in [0.15, 0.2) is 11.5 Å². The molecule has 0 atom stereocenters. The van der Waals surface area contributed by atoms with Gasteiger partial charge in [0.2, 0.25) is 0 Å². The summed E-state index contributed by atoms with van der Waals surface area (Å²) in [7, 11) is 0. The van der Waals surface area contributed by atoms with Gasteiger partial charge < -0.3 is 19.3 Å². The quantitative estimate of drug-likeness (QED) is 0.935. The average Bonchev–Trinajstić information content (AvgIpc) is 2.84. The number of aromatic nitrogens is 1. The normalized spacial score (nSPS) is 13.0. The second-order valence-electron chi connectivity index (χ2n) is 4.86. The van der Waals surface area contributed by atoms with Crippen LogP contribution in [0.3, 0.4) is 0 Å². The molecular formula is C15H16N2O4. The van der Waals surface area contributed by atoms with Crippen molar-refractivity contribution in [3.63, 3.8) is 0 Å². The van der Waals surface area contributed by atoms with E-state index in [1.807, 2.05) is 18.2 Å². The molecule has 0 spiro atoms. The second-order valence-corrected chi connectivity index (χ2v) is 4.86. The molecule has 0 radical (unpaired) electrons. The number of hydrogen-bond acceptors (Lipinski definition) is 5. The van der Waals surface area contributed by atoms with Gasteiger partial charge in [0.1, 0.15) is 24.5 Å². The molecule has 0 unspecified atom stereocenters. The SMILES string of the molecule is Cc1noc(C)c1C(=O)NCc1ccc2c(c1)OCCO2. The van der Waals surface area contributed by atoms with Crippen LogP contribution in [0.1, 0.15) is 27.4 Å². The van der Waals surface area contributed by atoms with Crippen LogP contribution in [0.15, 0.2) is 22.7 Å². The molecule has 6 nitrogen and oxygen atoms in total. The minimum Gasteiger partial charge on any atom is -0.486 e. The van der Waals surface area contributed by atoms with Crippen LogP contribution in [0.5, 0.6) is 11.5 Å². The van der Waals surface area contributed by atoms with Gasteiger partial charge in [0.05, 0.1) is 5.69 Å². The van der Waals surface area contributed by atoms with Crippen LogP contribution in [0.4, 0.5) is 0 Å². The van der Waals surface area contributed by atoms with E-state index >= 15 is 0 Å². The van der Waals surface area contributed by atoms with E-state index in [9.17, 15) is 4.79 Å². The number of benzene rings is 1. The smallest absolute Gasteiger partial charge is 0.257 e. The van der Waals surface area contributed by atoms with Gasteiger partial charge in [-0.05, 0) is 31.5 Å². The van der Waals surface area contributed by atoms with Crippen molar-refractivity contribution in [1.29, 1.82) is 0 Å². The predicted octanol–water partition coefficient (Wildman–Crippen LogP) is 1.99. The van der Waals surface area contributed by atoms with Gasteiger partial charge in [-0.1, -0.05) is 11.2 Å². The summed E-state index contributed by atoms with van der Waals surface area (Å²) in [6.07, 6.45) is 0. The van der Waals surface area contributed by atoms with Crippen molar-refractivity contribution in [2.75, 3.05) is 13.2 Å². The molecule has 1 amide bonds. The second kappa shape index (κ2) is 5.47. The fourth-order valence-corrected chi connectivity index (χ4v) is 2.28. The molecule has 0 bridgehead atoms.